The van der Waals surface area contributed by atoms with Gasteiger partial charge in [-0.2, -0.15) is 0 Å². The molecule has 0 aromatic heterocycles. The molecule has 0 saturated heterocycles. The molecule has 0 radical (unpaired) electrons. The average Bonchev–Trinajstić information content (AvgIpc) is 3.04. The molecule has 0 N–H and O–H groups in total. The topological polar surface area (TPSA) is 0 Å². The molecule has 0 unspecified atom stereocenters. The zero-order chi connectivity index (χ0) is 30.3. The normalized spacial score (nSPS) is 22.7. The minimum absolute atomic E-state index is 0.0533. The quantitative estimate of drug-likeness (QED) is 0.163. The van der Waals surface area contributed by atoms with Crippen molar-refractivity contribution in [2.45, 2.75) is 103 Å². The zero-order valence-corrected chi connectivity index (χ0v) is 25.8. The van der Waals surface area contributed by atoms with Crippen LogP contribution in [0, 0.1) is 41.0 Å². The van der Waals surface area contributed by atoms with Crippen molar-refractivity contribution < 1.29 is 17.6 Å². The first kappa shape index (κ1) is 31.5. The Morgan fingerprint density at radius 2 is 1.21 bits per heavy atom. The third kappa shape index (κ3) is 7.27. The van der Waals surface area contributed by atoms with Gasteiger partial charge in [0.15, 0.2) is 23.3 Å². The van der Waals surface area contributed by atoms with E-state index in [9.17, 15) is 8.78 Å². The van der Waals surface area contributed by atoms with Crippen molar-refractivity contribution in [3.05, 3.63) is 95.1 Å². The van der Waals surface area contributed by atoms with E-state index < -0.39 is 23.3 Å². The highest BCUT2D eigenvalue weighted by molar-refractivity contribution is 5.71. The van der Waals surface area contributed by atoms with Crippen molar-refractivity contribution in [3.8, 4) is 22.3 Å². The average molecular weight is 591 g/mol. The highest BCUT2D eigenvalue weighted by Gasteiger charge is 2.32. The first-order chi connectivity index (χ1) is 20.9. The van der Waals surface area contributed by atoms with Crippen LogP contribution < -0.4 is 0 Å². The Morgan fingerprint density at radius 3 is 1.79 bits per heavy atom. The van der Waals surface area contributed by atoms with Gasteiger partial charge in [0, 0.05) is 11.1 Å². The Labute approximate surface area is 255 Å². The highest BCUT2D eigenvalue weighted by atomic mass is 19.2. The van der Waals surface area contributed by atoms with Gasteiger partial charge in [0.25, 0.3) is 0 Å². The number of hydrogen-bond donors (Lipinski definition) is 0. The smallest absolute Gasteiger partial charge is 0.166 e. The SMILES string of the molecule is CC=CCCC1CCC(C2CCC(c3ccc(-c4ccc(-c5ccc(CCCC)c(F)c5F)cc4)c(F)c3F)CC2)CC1. The molecule has 2 aliphatic rings. The van der Waals surface area contributed by atoms with Gasteiger partial charge in [-0.3, -0.25) is 0 Å². The molecule has 2 fully saturated rings. The largest absolute Gasteiger partial charge is 0.203 e. The van der Waals surface area contributed by atoms with Crippen molar-refractivity contribution in [2.24, 2.45) is 17.8 Å². The summed E-state index contributed by atoms with van der Waals surface area (Å²) in [6.45, 7) is 4.10. The second-order valence-electron chi connectivity index (χ2n) is 13.0. The molecule has 0 aliphatic heterocycles. The lowest BCUT2D eigenvalue weighted by Gasteiger charge is -2.38. The summed E-state index contributed by atoms with van der Waals surface area (Å²) in [5.41, 5.74) is 2.23. The van der Waals surface area contributed by atoms with Crippen LogP contribution in [0.1, 0.15) is 108 Å². The molecule has 230 valence electrons. The maximum absolute atomic E-state index is 15.5. The van der Waals surface area contributed by atoms with Crippen LogP contribution in [0.4, 0.5) is 17.6 Å². The van der Waals surface area contributed by atoms with E-state index in [4.69, 9.17) is 0 Å². The molecular formula is C39H46F4. The molecule has 0 bridgehead atoms. The van der Waals surface area contributed by atoms with Gasteiger partial charge in [-0.15, -0.1) is 0 Å². The van der Waals surface area contributed by atoms with E-state index in [1.165, 1.54) is 38.5 Å². The molecule has 0 amide bonds. The summed E-state index contributed by atoms with van der Waals surface area (Å²) >= 11 is 0. The summed E-state index contributed by atoms with van der Waals surface area (Å²) in [5, 5.41) is 0. The number of rotatable bonds is 10. The van der Waals surface area contributed by atoms with Crippen molar-refractivity contribution in [3.63, 3.8) is 0 Å². The Bertz CT molecular complexity index is 1370. The zero-order valence-electron chi connectivity index (χ0n) is 25.8. The predicted molar refractivity (Wildman–Crippen MR) is 170 cm³/mol. The molecule has 0 spiro atoms. The number of aryl methyl sites for hydroxylation is 1. The van der Waals surface area contributed by atoms with E-state index in [2.05, 4.69) is 19.1 Å². The summed E-state index contributed by atoms with van der Waals surface area (Å²) in [7, 11) is 0. The second kappa shape index (κ2) is 14.7. The molecule has 4 heteroatoms. The van der Waals surface area contributed by atoms with Crippen LogP contribution in [-0.2, 0) is 6.42 Å². The van der Waals surface area contributed by atoms with Crippen molar-refractivity contribution >= 4 is 0 Å². The summed E-state index contributed by atoms with van der Waals surface area (Å²) in [6, 6.07) is 13.2. The van der Waals surface area contributed by atoms with Gasteiger partial charge in [-0.25, -0.2) is 17.6 Å². The number of halogens is 4. The Kier molecular flexibility index (Phi) is 10.8. The Balaban J connectivity index is 1.21. The van der Waals surface area contributed by atoms with Crippen molar-refractivity contribution in [2.75, 3.05) is 0 Å². The van der Waals surface area contributed by atoms with Gasteiger partial charge in [0.2, 0.25) is 0 Å². The number of allylic oxidation sites excluding steroid dienone is 2. The standard InChI is InChI=1S/C39H46F4/c1-3-5-7-8-26-10-12-27(13-11-26)28-14-16-29(17-15-28)34-24-25-35(39(43)38(34)42)31-20-18-30(19-21-31)33-23-22-32(9-6-4-2)36(40)37(33)41/h3,5,18-29H,4,6-17H2,1-2H3. The summed E-state index contributed by atoms with van der Waals surface area (Å²) in [4.78, 5) is 0. The molecule has 0 atom stereocenters. The lowest BCUT2D eigenvalue weighted by Crippen LogP contribution is -2.25. The third-order valence-electron chi connectivity index (χ3n) is 10.3. The third-order valence-corrected chi connectivity index (χ3v) is 10.3. The Hall–Kier alpha value is -2.88. The minimum Gasteiger partial charge on any atom is -0.203 e. The van der Waals surface area contributed by atoms with Crippen molar-refractivity contribution in [1.29, 1.82) is 0 Å². The fourth-order valence-electron chi connectivity index (χ4n) is 7.65. The number of benzene rings is 3. The summed E-state index contributed by atoms with van der Waals surface area (Å²) in [5.74, 6) is -0.844. The van der Waals surface area contributed by atoms with Gasteiger partial charge in [0.05, 0.1) is 0 Å². The van der Waals surface area contributed by atoms with Crippen LogP contribution in [0.3, 0.4) is 0 Å². The van der Waals surface area contributed by atoms with Crippen LogP contribution in [0.2, 0.25) is 0 Å². The van der Waals surface area contributed by atoms with Gasteiger partial charge >= 0.3 is 0 Å². The maximum atomic E-state index is 15.5. The lowest BCUT2D eigenvalue weighted by atomic mass is 9.68. The van der Waals surface area contributed by atoms with E-state index in [0.29, 0.717) is 34.6 Å². The van der Waals surface area contributed by atoms with Gasteiger partial charge in [-0.1, -0.05) is 86.9 Å². The molecule has 3 aromatic rings. The fourth-order valence-corrected chi connectivity index (χ4v) is 7.65. The first-order valence-corrected chi connectivity index (χ1v) is 16.6. The minimum atomic E-state index is -0.870. The lowest BCUT2D eigenvalue weighted by molar-refractivity contribution is 0.156. The van der Waals surface area contributed by atoms with E-state index in [-0.39, 0.29) is 17.0 Å². The molecule has 5 rings (SSSR count). The number of unbranched alkanes of at least 4 members (excludes halogenated alkanes) is 1. The van der Waals surface area contributed by atoms with Gasteiger partial charge in [0.1, 0.15) is 0 Å². The van der Waals surface area contributed by atoms with E-state index >= 15 is 8.78 Å². The summed E-state index contributed by atoms with van der Waals surface area (Å²) in [6.07, 6.45) is 18.4. The van der Waals surface area contributed by atoms with Gasteiger partial charge < -0.3 is 0 Å². The first-order valence-electron chi connectivity index (χ1n) is 16.6. The second-order valence-corrected chi connectivity index (χ2v) is 13.0. The van der Waals surface area contributed by atoms with E-state index in [1.807, 2.05) is 6.92 Å². The van der Waals surface area contributed by atoms with E-state index in [1.54, 1.807) is 48.5 Å². The monoisotopic (exact) mass is 590 g/mol. The fraction of sp³-hybridized carbons (Fsp3) is 0.487. The van der Waals surface area contributed by atoms with Crippen LogP contribution in [0.25, 0.3) is 22.3 Å². The maximum Gasteiger partial charge on any atom is 0.166 e. The van der Waals surface area contributed by atoms with Crippen LogP contribution in [0.5, 0.6) is 0 Å². The molecule has 2 aliphatic carbocycles. The predicted octanol–water partition coefficient (Wildman–Crippen LogP) is 12.4. The van der Waals surface area contributed by atoms with Crippen LogP contribution >= 0.6 is 0 Å². The summed E-state index contributed by atoms with van der Waals surface area (Å²) < 4.78 is 60.3. The molecule has 2 saturated carbocycles. The number of hydrogen-bond acceptors (Lipinski definition) is 0. The molecule has 0 heterocycles. The highest BCUT2D eigenvalue weighted by Crippen LogP contribution is 2.45. The van der Waals surface area contributed by atoms with Crippen molar-refractivity contribution in [1.82, 2.24) is 0 Å². The Morgan fingerprint density at radius 1 is 0.651 bits per heavy atom. The van der Waals surface area contributed by atoms with E-state index in [0.717, 1.165) is 50.4 Å². The molecule has 43 heavy (non-hydrogen) atoms. The molecule has 0 nitrogen and oxygen atoms in total. The van der Waals surface area contributed by atoms with Crippen LogP contribution in [-0.4, -0.2) is 0 Å². The molecular weight excluding hydrogens is 544 g/mol. The molecule has 3 aromatic carbocycles. The van der Waals surface area contributed by atoms with Gasteiger partial charge in [-0.05, 0) is 117 Å². The van der Waals surface area contributed by atoms with Crippen LogP contribution in [0.15, 0.2) is 60.7 Å².